The molecule has 0 heterocycles. The molecule has 0 aromatic carbocycles. The fourth-order valence-electron chi connectivity index (χ4n) is 1.57. The summed E-state index contributed by atoms with van der Waals surface area (Å²) < 4.78 is 11.7. The van der Waals surface area contributed by atoms with Crippen LogP contribution < -0.4 is 0 Å². The van der Waals surface area contributed by atoms with Crippen LogP contribution in [-0.2, 0) is 9.59 Å². The molecular formula is C17H29FO4. The van der Waals surface area contributed by atoms with Crippen LogP contribution in [0.25, 0.3) is 0 Å². The van der Waals surface area contributed by atoms with Gasteiger partial charge in [0, 0.05) is 11.1 Å². The summed E-state index contributed by atoms with van der Waals surface area (Å²) in [5.41, 5.74) is 0.562. The molecule has 0 aromatic rings. The highest BCUT2D eigenvalue weighted by molar-refractivity contribution is 5.85. The van der Waals surface area contributed by atoms with E-state index in [9.17, 15) is 14.0 Å². The summed E-state index contributed by atoms with van der Waals surface area (Å²) in [6, 6.07) is 0. The van der Waals surface area contributed by atoms with Gasteiger partial charge in [-0.15, -0.1) is 0 Å². The van der Waals surface area contributed by atoms with E-state index < -0.39 is 11.9 Å². The number of alkyl halides is 1. The Hall–Kier alpha value is -1.65. The van der Waals surface area contributed by atoms with Gasteiger partial charge in [0.15, 0.2) is 0 Å². The number of carbonyl (C=O) groups is 2. The fraction of sp³-hybridized carbons (Fsp3) is 0.647. The van der Waals surface area contributed by atoms with Crippen molar-refractivity contribution >= 4 is 11.9 Å². The maximum atomic E-state index is 11.7. The summed E-state index contributed by atoms with van der Waals surface area (Å²) in [5, 5.41) is 16.6. The minimum atomic E-state index is -0.900. The lowest BCUT2D eigenvalue weighted by molar-refractivity contribution is -0.133. The molecule has 0 fully saturated rings. The molecule has 0 spiro atoms. The van der Waals surface area contributed by atoms with E-state index in [1.165, 1.54) is 0 Å². The number of aliphatic carboxylic acids is 2. The molecule has 2 N–H and O–H groups in total. The van der Waals surface area contributed by atoms with E-state index >= 15 is 0 Å². The van der Waals surface area contributed by atoms with E-state index in [1.54, 1.807) is 6.92 Å². The molecule has 0 rings (SSSR count). The predicted octanol–water partition coefficient (Wildman–Crippen LogP) is 4.75. The van der Waals surface area contributed by atoms with Crippen molar-refractivity contribution in [3.63, 3.8) is 0 Å². The monoisotopic (exact) mass is 316 g/mol. The molecule has 0 bridgehead atoms. The zero-order valence-electron chi connectivity index (χ0n) is 13.6. The highest BCUT2D eigenvalue weighted by atomic mass is 19.1. The normalized spacial score (nSPS) is 9.55. The van der Waals surface area contributed by atoms with Crippen LogP contribution in [0, 0.1) is 0 Å². The molecule has 22 heavy (non-hydrogen) atoms. The number of unbranched alkanes of at least 4 members (excludes halogenated alkanes) is 6. The van der Waals surface area contributed by atoms with Crippen molar-refractivity contribution in [1.29, 1.82) is 0 Å². The number of carboxylic acids is 2. The van der Waals surface area contributed by atoms with Crippen molar-refractivity contribution in [2.75, 3.05) is 6.67 Å². The average Bonchev–Trinajstić information content (AvgIpc) is 2.49. The topological polar surface area (TPSA) is 74.6 Å². The molecule has 0 atom stereocenters. The summed E-state index contributed by atoms with van der Waals surface area (Å²) in [4.78, 5) is 20.2. The number of hydrogen-bond acceptors (Lipinski definition) is 2. The Morgan fingerprint density at radius 1 is 0.818 bits per heavy atom. The second kappa shape index (κ2) is 15.7. The number of rotatable bonds is 12. The molecule has 0 aromatic heterocycles. The lowest BCUT2D eigenvalue weighted by Gasteiger charge is -2.01. The van der Waals surface area contributed by atoms with Gasteiger partial charge in [0.05, 0.1) is 6.67 Å². The van der Waals surface area contributed by atoms with Gasteiger partial charge in [-0.3, -0.25) is 4.39 Å². The van der Waals surface area contributed by atoms with Crippen LogP contribution in [0.2, 0.25) is 0 Å². The first-order chi connectivity index (χ1) is 10.4. The smallest absolute Gasteiger partial charge is 0.330 e. The standard InChI is InChI=1S/C12H21FO2.C5H8O2/c1-11(12(14)15)9-7-5-3-2-4-6-8-10-13;1-3-4(2)5(6)7/h1-10H2,(H,14,15);2-3H2,1H3,(H,6,7). The molecule has 5 heteroatoms. The Morgan fingerprint density at radius 2 is 1.23 bits per heavy atom. The highest BCUT2D eigenvalue weighted by Gasteiger charge is 2.02. The van der Waals surface area contributed by atoms with Gasteiger partial charge in [0.2, 0.25) is 0 Å². The van der Waals surface area contributed by atoms with Crippen LogP contribution in [0.5, 0.6) is 0 Å². The average molecular weight is 316 g/mol. The maximum Gasteiger partial charge on any atom is 0.330 e. The lowest BCUT2D eigenvalue weighted by Crippen LogP contribution is -1.98. The Balaban J connectivity index is 0. The van der Waals surface area contributed by atoms with E-state index in [0.29, 0.717) is 24.8 Å². The molecule has 0 aliphatic carbocycles. The Morgan fingerprint density at radius 3 is 1.55 bits per heavy atom. The van der Waals surface area contributed by atoms with Crippen molar-refractivity contribution in [3.8, 4) is 0 Å². The van der Waals surface area contributed by atoms with Crippen molar-refractivity contribution in [3.05, 3.63) is 24.3 Å². The third-order valence-corrected chi connectivity index (χ3v) is 3.14. The van der Waals surface area contributed by atoms with E-state index in [-0.39, 0.29) is 12.2 Å². The van der Waals surface area contributed by atoms with E-state index in [1.807, 2.05) is 0 Å². The van der Waals surface area contributed by atoms with Crippen LogP contribution in [0.15, 0.2) is 24.3 Å². The van der Waals surface area contributed by atoms with Gasteiger partial charge in [-0.05, 0) is 25.7 Å². The summed E-state index contributed by atoms with van der Waals surface area (Å²) in [6.45, 7) is 8.29. The summed E-state index contributed by atoms with van der Waals surface area (Å²) in [5.74, 6) is -1.79. The van der Waals surface area contributed by atoms with Crippen LogP contribution in [0.1, 0.15) is 64.7 Å². The van der Waals surface area contributed by atoms with Crippen molar-refractivity contribution < 1.29 is 24.2 Å². The van der Waals surface area contributed by atoms with E-state index in [0.717, 1.165) is 38.5 Å². The van der Waals surface area contributed by atoms with Crippen LogP contribution in [0.3, 0.4) is 0 Å². The molecule has 0 radical (unpaired) electrons. The quantitative estimate of drug-likeness (QED) is 0.402. The third-order valence-electron chi connectivity index (χ3n) is 3.14. The van der Waals surface area contributed by atoms with Gasteiger partial charge in [-0.2, -0.15) is 0 Å². The second-order valence-corrected chi connectivity index (χ2v) is 5.08. The third kappa shape index (κ3) is 16.4. The molecule has 4 nitrogen and oxygen atoms in total. The zero-order chi connectivity index (χ0) is 17.4. The van der Waals surface area contributed by atoms with Crippen molar-refractivity contribution in [2.24, 2.45) is 0 Å². The fourth-order valence-corrected chi connectivity index (χ4v) is 1.57. The molecule has 128 valence electrons. The van der Waals surface area contributed by atoms with Gasteiger partial charge in [0.25, 0.3) is 0 Å². The molecule has 0 unspecified atom stereocenters. The summed E-state index contributed by atoms with van der Waals surface area (Å²) >= 11 is 0. The minimum absolute atomic E-state index is 0.210. The SMILES string of the molecule is C=C(CC)C(=O)O.C=C(CCCCCCCCCF)C(=O)O. The lowest BCUT2D eigenvalue weighted by atomic mass is 10.1. The molecule has 0 aliphatic rings. The Bertz CT molecular complexity index is 351. The molecular weight excluding hydrogens is 287 g/mol. The van der Waals surface area contributed by atoms with Crippen LogP contribution in [0.4, 0.5) is 4.39 Å². The first-order valence-electron chi connectivity index (χ1n) is 7.74. The number of carboxylic acid groups (broad SMARTS) is 2. The highest BCUT2D eigenvalue weighted by Crippen LogP contribution is 2.11. The largest absolute Gasteiger partial charge is 0.478 e. The first-order valence-corrected chi connectivity index (χ1v) is 7.74. The number of hydrogen-bond donors (Lipinski definition) is 2. The summed E-state index contributed by atoms with van der Waals surface area (Å²) in [7, 11) is 0. The van der Waals surface area contributed by atoms with Gasteiger partial charge in [-0.1, -0.05) is 52.2 Å². The van der Waals surface area contributed by atoms with Gasteiger partial charge in [-0.25, -0.2) is 9.59 Å². The second-order valence-electron chi connectivity index (χ2n) is 5.08. The molecule has 0 saturated heterocycles. The number of halogens is 1. The first kappa shape index (κ1) is 22.6. The molecule has 0 amide bonds. The van der Waals surface area contributed by atoms with E-state index in [4.69, 9.17) is 10.2 Å². The van der Waals surface area contributed by atoms with Crippen LogP contribution >= 0.6 is 0 Å². The minimum Gasteiger partial charge on any atom is -0.478 e. The van der Waals surface area contributed by atoms with Gasteiger partial charge in [0.1, 0.15) is 0 Å². The van der Waals surface area contributed by atoms with Crippen molar-refractivity contribution in [1.82, 2.24) is 0 Å². The van der Waals surface area contributed by atoms with Crippen LogP contribution in [-0.4, -0.2) is 28.8 Å². The van der Waals surface area contributed by atoms with E-state index in [2.05, 4.69) is 13.2 Å². The Kier molecular flexibility index (Phi) is 16.2. The van der Waals surface area contributed by atoms with Gasteiger partial charge >= 0.3 is 11.9 Å². The van der Waals surface area contributed by atoms with Crippen molar-refractivity contribution in [2.45, 2.75) is 64.7 Å². The molecule has 0 saturated carbocycles. The summed E-state index contributed by atoms with van der Waals surface area (Å²) in [6.07, 6.45) is 8.02. The zero-order valence-corrected chi connectivity index (χ0v) is 13.6. The predicted molar refractivity (Wildman–Crippen MR) is 86.8 cm³/mol. The Labute approximate surface area is 132 Å². The maximum absolute atomic E-state index is 11.7. The van der Waals surface area contributed by atoms with Gasteiger partial charge < -0.3 is 10.2 Å². The molecule has 0 aliphatic heterocycles.